The molecule has 0 saturated carbocycles. The lowest BCUT2D eigenvalue weighted by molar-refractivity contribution is 0.0938. The Morgan fingerprint density at radius 3 is 2.95 bits per heavy atom. The monoisotopic (exact) mass is 302 g/mol. The number of rotatable bonds is 2. The quantitative estimate of drug-likeness (QED) is 0.799. The number of para-hydroxylation sites is 1. The molecule has 0 fully saturated rings. The summed E-state index contributed by atoms with van der Waals surface area (Å²) in [7, 11) is 0. The van der Waals surface area contributed by atoms with Crippen molar-refractivity contribution in [1.82, 2.24) is 5.32 Å². The second-order valence-electron chi connectivity index (χ2n) is 5.08. The van der Waals surface area contributed by atoms with Crippen LogP contribution in [-0.4, -0.2) is 23.6 Å². The molecule has 21 heavy (non-hydrogen) atoms. The van der Waals surface area contributed by atoms with Crippen LogP contribution in [0.3, 0.4) is 0 Å². The van der Waals surface area contributed by atoms with Crippen molar-refractivity contribution >= 4 is 23.2 Å². The molecule has 1 atom stereocenters. The maximum atomic E-state index is 12.3. The Bertz CT molecular complexity index is 688. The van der Waals surface area contributed by atoms with Crippen molar-refractivity contribution in [2.24, 2.45) is 0 Å². The van der Waals surface area contributed by atoms with Gasteiger partial charge in [-0.05, 0) is 36.2 Å². The first-order valence-electron chi connectivity index (χ1n) is 6.74. The van der Waals surface area contributed by atoms with Crippen LogP contribution in [-0.2, 0) is 6.42 Å². The minimum atomic E-state index is -0.276. The van der Waals surface area contributed by atoms with Gasteiger partial charge in [0.1, 0.15) is 5.75 Å². The van der Waals surface area contributed by atoms with Crippen LogP contribution >= 0.6 is 11.6 Å². The maximum Gasteiger partial charge on any atom is 0.253 e. The molecule has 0 bridgehead atoms. The molecule has 1 amide bonds. The van der Waals surface area contributed by atoms with E-state index in [1.54, 1.807) is 0 Å². The molecule has 0 aromatic heterocycles. The number of phenols is 1. The highest BCUT2D eigenvalue weighted by Gasteiger charge is 2.21. The van der Waals surface area contributed by atoms with E-state index in [1.807, 2.05) is 24.3 Å². The summed E-state index contributed by atoms with van der Waals surface area (Å²) in [4.78, 5) is 12.3. The van der Waals surface area contributed by atoms with Gasteiger partial charge in [0.05, 0.1) is 16.6 Å². The SMILES string of the molecule is O=C(NC1CNc2ccccc2C1)c1cc(O)ccc1Cl. The van der Waals surface area contributed by atoms with E-state index in [2.05, 4.69) is 10.6 Å². The van der Waals surface area contributed by atoms with Crippen LogP contribution < -0.4 is 10.6 Å². The number of phenolic OH excluding ortho intramolecular Hbond substituents is 1. The van der Waals surface area contributed by atoms with Crippen molar-refractivity contribution in [3.8, 4) is 5.75 Å². The largest absolute Gasteiger partial charge is 0.508 e. The average molecular weight is 303 g/mol. The zero-order chi connectivity index (χ0) is 14.8. The van der Waals surface area contributed by atoms with Gasteiger partial charge in [-0.2, -0.15) is 0 Å². The molecule has 2 aromatic rings. The molecular formula is C16H15ClN2O2. The van der Waals surface area contributed by atoms with E-state index in [4.69, 9.17) is 11.6 Å². The molecule has 4 nitrogen and oxygen atoms in total. The third-order valence-electron chi connectivity index (χ3n) is 3.55. The summed E-state index contributed by atoms with van der Waals surface area (Å²) >= 11 is 6.00. The highest BCUT2D eigenvalue weighted by Crippen LogP contribution is 2.23. The van der Waals surface area contributed by atoms with E-state index in [-0.39, 0.29) is 23.3 Å². The van der Waals surface area contributed by atoms with Crippen molar-refractivity contribution in [3.05, 3.63) is 58.6 Å². The van der Waals surface area contributed by atoms with Gasteiger partial charge >= 0.3 is 0 Å². The predicted octanol–water partition coefficient (Wildman–Crippen LogP) is 2.81. The topological polar surface area (TPSA) is 61.4 Å². The van der Waals surface area contributed by atoms with Crippen LogP contribution in [0.2, 0.25) is 5.02 Å². The number of hydrogen-bond donors (Lipinski definition) is 3. The molecule has 0 saturated heterocycles. The van der Waals surface area contributed by atoms with Gasteiger partial charge in [0.25, 0.3) is 5.91 Å². The van der Waals surface area contributed by atoms with Crippen molar-refractivity contribution in [2.45, 2.75) is 12.5 Å². The van der Waals surface area contributed by atoms with Crippen molar-refractivity contribution < 1.29 is 9.90 Å². The minimum absolute atomic E-state index is 0.00850. The number of amides is 1. The summed E-state index contributed by atoms with van der Waals surface area (Å²) in [5, 5.41) is 16.0. The lowest BCUT2D eigenvalue weighted by atomic mass is 9.99. The van der Waals surface area contributed by atoms with E-state index in [0.29, 0.717) is 11.6 Å². The first kappa shape index (κ1) is 13.8. The molecular weight excluding hydrogens is 288 g/mol. The number of benzene rings is 2. The lowest BCUT2D eigenvalue weighted by Gasteiger charge is -2.27. The van der Waals surface area contributed by atoms with Crippen molar-refractivity contribution in [3.63, 3.8) is 0 Å². The standard InChI is InChI=1S/C16H15ClN2O2/c17-14-6-5-12(20)8-13(14)16(21)19-11-7-10-3-1-2-4-15(10)18-9-11/h1-6,8,11,18,20H,7,9H2,(H,19,21). The summed E-state index contributed by atoms with van der Waals surface area (Å²) < 4.78 is 0. The van der Waals surface area contributed by atoms with Gasteiger partial charge in [-0.15, -0.1) is 0 Å². The summed E-state index contributed by atoms with van der Waals surface area (Å²) in [5.74, 6) is -0.251. The molecule has 1 heterocycles. The van der Waals surface area contributed by atoms with Crippen molar-refractivity contribution in [2.75, 3.05) is 11.9 Å². The normalized spacial score (nSPS) is 16.7. The lowest BCUT2D eigenvalue weighted by Crippen LogP contribution is -2.43. The van der Waals surface area contributed by atoms with Gasteiger partial charge in [-0.3, -0.25) is 4.79 Å². The molecule has 1 aliphatic rings. The van der Waals surface area contributed by atoms with E-state index >= 15 is 0 Å². The molecule has 2 aromatic carbocycles. The van der Waals surface area contributed by atoms with Gasteiger partial charge in [0.15, 0.2) is 0 Å². The predicted molar refractivity (Wildman–Crippen MR) is 83.0 cm³/mol. The number of fused-ring (bicyclic) bond motifs is 1. The number of aromatic hydroxyl groups is 1. The van der Waals surface area contributed by atoms with Gasteiger partial charge < -0.3 is 15.7 Å². The smallest absolute Gasteiger partial charge is 0.253 e. The number of anilines is 1. The number of carbonyl (C=O) groups is 1. The second-order valence-corrected chi connectivity index (χ2v) is 5.48. The minimum Gasteiger partial charge on any atom is -0.508 e. The fourth-order valence-electron chi connectivity index (χ4n) is 2.49. The fourth-order valence-corrected chi connectivity index (χ4v) is 2.70. The van der Waals surface area contributed by atoms with Crippen LogP contribution in [0.4, 0.5) is 5.69 Å². The molecule has 3 N–H and O–H groups in total. The van der Waals surface area contributed by atoms with E-state index in [0.717, 1.165) is 12.1 Å². The van der Waals surface area contributed by atoms with Crippen molar-refractivity contribution in [1.29, 1.82) is 0 Å². The molecule has 0 aliphatic carbocycles. The molecule has 108 valence electrons. The number of halogens is 1. The van der Waals surface area contributed by atoms with E-state index in [9.17, 15) is 9.90 Å². The molecule has 0 radical (unpaired) electrons. The number of nitrogens with one attached hydrogen (secondary N) is 2. The molecule has 3 rings (SSSR count). The van der Waals surface area contributed by atoms with E-state index < -0.39 is 0 Å². The van der Waals surface area contributed by atoms with Crippen LogP contribution in [0.25, 0.3) is 0 Å². The zero-order valence-corrected chi connectivity index (χ0v) is 12.0. The fraction of sp³-hybridized carbons (Fsp3) is 0.188. The van der Waals surface area contributed by atoms with Gasteiger partial charge in [0.2, 0.25) is 0 Å². The highest BCUT2D eigenvalue weighted by molar-refractivity contribution is 6.33. The number of carbonyl (C=O) groups excluding carboxylic acids is 1. The Kier molecular flexibility index (Phi) is 3.71. The van der Waals surface area contributed by atoms with Gasteiger partial charge in [-0.25, -0.2) is 0 Å². The van der Waals surface area contributed by atoms with Gasteiger partial charge in [-0.1, -0.05) is 29.8 Å². The third-order valence-corrected chi connectivity index (χ3v) is 3.88. The first-order chi connectivity index (χ1) is 10.1. The first-order valence-corrected chi connectivity index (χ1v) is 7.12. The van der Waals surface area contributed by atoms with Gasteiger partial charge in [0, 0.05) is 12.2 Å². The Hall–Kier alpha value is -2.20. The Balaban J connectivity index is 1.73. The summed E-state index contributed by atoms with van der Waals surface area (Å²) in [6.07, 6.45) is 0.769. The molecule has 1 aliphatic heterocycles. The Morgan fingerprint density at radius 2 is 2.10 bits per heavy atom. The van der Waals surface area contributed by atoms with Crippen LogP contribution in [0.1, 0.15) is 15.9 Å². The average Bonchev–Trinajstić information content (AvgIpc) is 2.49. The second kappa shape index (κ2) is 5.66. The molecule has 5 heteroatoms. The maximum absolute atomic E-state index is 12.3. The molecule has 1 unspecified atom stereocenters. The molecule has 0 spiro atoms. The van der Waals surface area contributed by atoms with E-state index in [1.165, 1.54) is 23.8 Å². The zero-order valence-electron chi connectivity index (χ0n) is 11.3. The summed E-state index contributed by atoms with van der Waals surface area (Å²) in [6.45, 7) is 0.666. The van der Waals surface area contributed by atoms with Crippen LogP contribution in [0.15, 0.2) is 42.5 Å². The Labute approximate surface area is 127 Å². The Morgan fingerprint density at radius 1 is 1.29 bits per heavy atom. The summed E-state index contributed by atoms with van der Waals surface area (Å²) in [6, 6.07) is 12.4. The van der Waals surface area contributed by atoms with Crippen LogP contribution in [0.5, 0.6) is 5.75 Å². The van der Waals surface area contributed by atoms with Crippen LogP contribution in [0, 0.1) is 0 Å². The third kappa shape index (κ3) is 2.95. The summed E-state index contributed by atoms with van der Waals surface area (Å²) in [5.41, 5.74) is 2.57. The highest BCUT2D eigenvalue weighted by atomic mass is 35.5. The number of hydrogen-bond acceptors (Lipinski definition) is 3.